The van der Waals surface area contributed by atoms with Gasteiger partial charge in [0.05, 0.1) is 23.7 Å². The van der Waals surface area contributed by atoms with E-state index in [1.54, 1.807) is 19.9 Å². The largest absolute Gasteiger partial charge is 0.488 e. The smallest absolute Gasteiger partial charge is 0.339 e. The summed E-state index contributed by atoms with van der Waals surface area (Å²) in [4.78, 5) is 28.7. The van der Waals surface area contributed by atoms with E-state index in [4.69, 9.17) is 4.74 Å². The maximum absolute atomic E-state index is 14.4. The zero-order valence-electron chi connectivity index (χ0n) is 28.1. The summed E-state index contributed by atoms with van der Waals surface area (Å²) in [5.41, 5.74) is 5.59. The second-order valence-corrected chi connectivity index (χ2v) is 14.1. The Kier molecular flexibility index (Phi) is 11.0. The first-order valence-corrected chi connectivity index (χ1v) is 17.4. The number of sulfonamides is 1. The number of aryl methyl sites for hydroxylation is 3. The highest BCUT2D eigenvalue weighted by molar-refractivity contribution is 7.89. The number of likely N-dealkylation sites (N-methyl/N-ethyl adjacent to an activating group) is 1. The summed E-state index contributed by atoms with van der Waals surface area (Å²) < 4.78 is 35.2. The Bertz CT molecular complexity index is 2030. The third-order valence-electron chi connectivity index (χ3n) is 8.32. The van der Waals surface area contributed by atoms with Crippen molar-refractivity contribution in [2.45, 2.75) is 45.2 Å². The summed E-state index contributed by atoms with van der Waals surface area (Å²) in [5, 5.41) is 10.3. The average Bonchev–Trinajstić information content (AvgIpc) is 3.07. The van der Waals surface area contributed by atoms with Crippen molar-refractivity contribution in [2.24, 2.45) is 0 Å². The molecule has 49 heavy (non-hydrogen) atoms. The average molecular weight is 677 g/mol. The van der Waals surface area contributed by atoms with Crippen LogP contribution in [0.2, 0.25) is 0 Å². The van der Waals surface area contributed by atoms with E-state index >= 15 is 0 Å². The predicted octanol–water partition coefficient (Wildman–Crippen LogP) is 7.33. The molecule has 8 nitrogen and oxygen atoms in total. The second kappa shape index (κ2) is 15.3. The molecule has 5 aromatic carbocycles. The molecule has 0 bridgehead atoms. The minimum absolute atomic E-state index is 0.0391. The Balaban J connectivity index is 1.62. The highest BCUT2D eigenvalue weighted by Crippen LogP contribution is 2.37. The lowest BCUT2D eigenvalue weighted by atomic mass is 9.97. The zero-order chi connectivity index (χ0) is 35.1. The number of amides is 1. The number of anilines is 1. The van der Waals surface area contributed by atoms with Gasteiger partial charge in [0, 0.05) is 19.0 Å². The van der Waals surface area contributed by atoms with Crippen LogP contribution in [0.1, 0.15) is 49.3 Å². The normalized spacial score (nSPS) is 11.4. The number of ether oxygens (including phenoxy) is 1. The molecule has 5 aromatic rings. The second-order valence-electron chi connectivity index (χ2n) is 12.1. The quantitative estimate of drug-likeness (QED) is 0.140. The molecule has 0 aliphatic rings. The molecule has 252 valence electrons. The molecule has 0 radical (unpaired) electrons. The molecule has 0 aliphatic heterocycles. The maximum atomic E-state index is 14.4. The fourth-order valence-corrected chi connectivity index (χ4v) is 7.59. The van der Waals surface area contributed by atoms with Crippen molar-refractivity contribution in [1.29, 1.82) is 0 Å². The molecule has 0 saturated carbocycles. The SMILES string of the molecule is Cc1cc(C)c(S(=O)(=O)N(C)CC(=O)N(Cc2ccccc2)c2ccc(C(=O)O)c(OCc3ccccc3)c2Cc2ccccc2)c(C)c1. The van der Waals surface area contributed by atoms with Gasteiger partial charge in [-0.05, 0) is 60.7 Å². The Labute approximate surface area is 288 Å². The van der Waals surface area contributed by atoms with Gasteiger partial charge in [0.2, 0.25) is 15.9 Å². The summed E-state index contributed by atoms with van der Waals surface area (Å²) in [5.74, 6) is -1.50. The van der Waals surface area contributed by atoms with Gasteiger partial charge in [-0.3, -0.25) is 4.79 Å². The molecule has 0 heterocycles. The molecular formula is C40H40N2O6S. The van der Waals surface area contributed by atoms with E-state index in [2.05, 4.69) is 0 Å². The molecule has 1 N–H and O–H groups in total. The van der Waals surface area contributed by atoms with Crippen LogP contribution in [0.3, 0.4) is 0 Å². The van der Waals surface area contributed by atoms with Crippen molar-refractivity contribution in [3.63, 3.8) is 0 Å². The molecule has 0 spiro atoms. The van der Waals surface area contributed by atoms with E-state index in [1.807, 2.05) is 110 Å². The van der Waals surface area contributed by atoms with E-state index in [-0.39, 0.29) is 35.8 Å². The van der Waals surface area contributed by atoms with Crippen molar-refractivity contribution in [1.82, 2.24) is 4.31 Å². The highest BCUT2D eigenvalue weighted by Gasteiger charge is 2.31. The molecule has 0 fully saturated rings. The number of nitrogens with zero attached hydrogens (tertiary/aromatic N) is 2. The number of aromatic carboxylic acids is 1. The van der Waals surface area contributed by atoms with Crippen LogP contribution in [0.25, 0.3) is 0 Å². The van der Waals surface area contributed by atoms with E-state index in [9.17, 15) is 23.1 Å². The van der Waals surface area contributed by atoms with Crippen LogP contribution in [0, 0.1) is 20.8 Å². The van der Waals surface area contributed by atoms with E-state index in [0.717, 1.165) is 26.6 Å². The van der Waals surface area contributed by atoms with Crippen LogP contribution in [0.5, 0.6) is 5.75 Å². The van der Waals surface area contributed by atoms with Crippen molar-refractivity contribution < 1.29 is 27.9 Å². The number of carboxylic acids is 1. The first-order valence-electron chi connectivity index (χ1n) is 15.9. The molecule has 0 atom stereocenters. The van der Waals surface area contributed by atoms with Gasteiger partial charge in [-0.2, -0.15) is 4.31 Å². The summed E-state index contributed by atoms with van der Waals surface area (Å²) in [6.45, 7) is 5.18. The van der Waals surface area contributed by atoms with Gasteiger partial charge in [0.25, 0.3) is 0 Å². The topological polar surface area (TPSA) is 104 Å². The summed E-state index contributed by atoms with van der Waals surface area (Å²) in [6, 6.07) is 35.0. The van der Waals surface area contributed by atoms with Crippen LogP contribution in [-0.4, -0.2) is 43.3 Å². The van der Waals surface area contributed by atoms with Crippen molar-refractivity contribution in [3.05, 3.63) is 160 Å². The number of hydrogen-bond acceptors (Lipinski definition) is 5. The van der Waals surface area contributed by atoms with E-state index in [1.165, 1.54) is 18.0 Å². The highest BCUT2D eigenvalue weighted by atomic mass is 32.2. The van der Waals surface area contributed by atoms with Crippen LogP contribution >= 0.6 is 0 Å². The lowest BCUT2D eigenvalue weighted by Crippen LogP contribution is -2.41. The van der Waals surface area contributed by atoms with Crippen molar-refractivity contribution in [2.75, 3.05) is 18.5 Å². The molecule has 9 heteroatoms. The Hall–Kier alpha value is -5.25. The van der Waals surface area contributed by atoms with Gasteiger partial charge < -0.3 is 14.7 Å². The number of carboxylic acid groups (broad SMARTS) is 1. The van der Waals surface area contributed by atoms with Gasteiger partial charge in [0.15, 0.2) is 0 Å². The van der Waals surface area contributed by atoms with Gasteiger partial charge in [-0.15, -0.1) is 0 Å². The molecule has 0 aromatic heterocycles. The van der Waals surface area contributed by atoms with Gasteiger partial charge in [-0.25, -0.2) is 13.2 Å². The Morgan fingerprint density at radius 3 is 1.82 bits per heavy atom. The number of rotatable bonds is 13. The third kappa shape index (κ3) is 8.25. The van der Waals surface area contributed by atoms with Gasteiger partial charge >= 0.3 is 5.97 Å². The third-order valence-corrected chi connectivity index (χ3v) is 10.4. The number of carbonyl (C=O) groups is 2. The van der Waals surface area contributed by atoms with Crippen LogP contribution in [0.4, 0.5) is 5.69 Å². The molecule has 0 saturated heterocycles. The molecule has 0 unspecified atom stereocenters. The monoisotopic (exact) mass is 676 g/mol. The van der Waals surface area contributed by atoms with Gasteiger partial charge in [-0.1, -0.05) is 109 Å². The first kappa shape index (κ1) is 35.1. The lowest BCUT2D eigenvalue weighted by molar-refractivity contribution is -0.118. The number of benzene rings is 5. The molecule has 5 rings (SSSR count). The Morgan fingerprint density at radius 1 is 0.735 bits per heavy atom. The lowest BCUT2D eigenvalue weighted by Gasteiger charge is -2.29. The summed E-state index contributed by atoms with van der Waals surface area (Å²) >= 11 is 0. The van der Waals surface area contributed by atoms with Crippen LogP contribution < -0.4 is 9.64 Å². The standard InChI is InChI=1S/C40H40N2O6S/c1-28-22-29(2)39(30(3)23-28)49(46,47)41(4)26-37(43)42(25-32-16-10-6-11-17-32)36-21-20-34(40(44)45)38(48-27-33-18-12-7-13-19-33)35(36)24-31-14-8-5-9-15-31/h5-23H,24-27H2,1-4H3,(H,44,45). The zero-order valence-corrected chi connectivity index (χ0v) is 28.9. The summed E-state index contributed by atoms with van der Waals surface area (Å²) in [6.07, 6.45) is 0.260. The predicted molar refractivity (Wildman–Crippen MR) is 192 cm³/mol. The van der Waals surface area contributed by atoms with Crippen molar-refractivity contribution >= 4 is 27.6 Å². The summed E-state index contributed by atoms with van der Waals surface area (Å²) in [7, 11) is -2.64. The first-order chi connectivity index (χ1) is 23.5. The van der Waals surface area contributed by atoms with E-state index in [0.29, 0.717) is 22.4 Å². The van der Waals surface area contributed by atoms with Gasteiger partial charge in [0.1, 0.15) is 17.9 Å². The molecular weight excluding hydrogens is 637 g/mol. The fraction of sp³-hybridized carbons (Fsp3) is 0.200. The molecule has 1 amide bonds. The fourth-order valence-electron chi connectivity index (χ4n) is 6.07. The minimum Gasteiger partial charge on any atom is -0.488 e. The maximum Gasteiger partial charge on any atom is 0.339 e. The number of carbonyl (C=O) groups excluding carboxylic acids is 1. The van der Waals surface area contributed by atoms with E-state index < -0.39 is 28.4 Å². The van der Waals surface area contributed by atoms with Crippen LogP contribution in [-0.2, 0) is 34.4 Å². The van der Waals surface area contributed by atoms with Crippen LogP contribution in [0.15, 0.2) is 120 Å². The number of hydrogen-bond donors (Lipinski definition) is 1. The van der Waals surface area contributed by atoms with Crippen molar-refractivity contribution in [3.8, 4) is 5.75 Å². The minimum atomic E-state index is -4.04. The molecule has 0 aliphatic carbocycles. The Morgan fingerprint density at radius 2 is 1.27 bits per heavy atom.